The summed E-state index contributed by atoms with van der Waals surface area (Å²) in [6.45, 7) is 2.64. The fourth-order valence-electron chi connectivity index (χ4n) is 4.37. The first-order valence-electron chi connectivity index (χ1n) is 11.0. The van der Waals surface area contributed by atoms with Gasteiger partial charge in [0.15, 0.2) is 0 Å². The van der Waals surface area contributed by atoms with E-state index in [0.717, 1.165) is 30.2 Å². The quantitative estimate of drug-likeness (QED) is 0.394. The lowest BCUT2D eigenvalue weighted by molar-refractivity contribution is 0.122. The van der Waals surface area contributed by atoms with Crippen LogP contribution >= 0.6 is 11.3 Å². The van der Waals surface area contributed by atoms with Crippen LogP contribution in [0.1, 0.15) is 5.69 Å². The Morgan fingerprint density at radius 2 is 1.83 bits per heavy atom. The molecule has 10 heteroatoms. The Hall–Kier alpha value is -3.60. The van der Waals surface area contributed by atoms with Crippen LogP contribution in [0.5, 0.6) is 0 Å². The first-order chi connectivity index (χ1) is 17.1. The van der Waals surface area contributed by atoms with E-state index in [9.17, 15) is 9.50 Å². The molecular weight excluding hydrogens is 472 g/mol. The van der Waals surface area contributed by atoms with Crippen molar-refractivity contribution >= 4 is 38.0 Å². The summed E-state index contributed by atoms with van der Waals surface area (Å²) in [5, 5.41) is 18.8. The molecule has 176 valence electrons. The molecule has 0 amide bonds. The molecule has 0 radical (unpaired) electrons. The minimum Gasteiger partial charge on any atom is -0.390 e. The van der Waals surface area contributed by atoms with E-state index in [2.05, 4.69) is 25.1 Å². The molecule has 1 aliphatic heterocycles. The predicted octanol–water partition coefficient (Wildman–Crippen LogP) is 4.58. The van der Waals surface area contributed by atoms with Crippen molar-refractivity contribution in [3.8, 4) is 21.7 Å². The lowest BCUT2D eigenvalue weighted by Crippen LogP contribution is -2.36. The number of hydrogen-bond donors (Lipinski definition) is 1. The number of benzene rings is 2. The fourth-order valence-corrected chi connectivity index (χ4v) is 5.49. The SMILES string of the molecule is OCc1nncc2cc(-c3cc(-c4ncnc5cc(N6CCOCC6)ccc45)c(F)cc3F)sc12. The highest BCUT2D eigenvalue weighted by Crippen LogP contribution is 2.39. The lowest BCUT2D eigenvalue weighted by Gasteiger charge is -2.29. The third-order valence-electron chi connectivity index (χ3n) is 6.12. The predicted molar refractivity (Wildman–Crippen MR) is 130 cm³/mol. The number of anilines is 1. The summed E-state index contributed by atoms with van der Waals surface area (Å²) < 4.78 is 36.2. The van der Waals surface area contributed by atoms with Crippen molar-refractivity contribution in [1.82, 2.24) is 20.2 Å². The van der Waals surface area contributed by atoms with Crippen LogP contribution < -0.4 is 4.90 Å². The van der Waals surface area contributed by atoms with Crippen molar-refractivity contribution < 1.29 is 18.6 Å². The van der Waals surface area contributed by atoms with Crippen LogP contribution in [-0.4, -0.2) is 51.6 Å². The maximum absolute atomic E-state index is 15.1. The maximum Gasteiger partial charge on any atom is 0.135 e. The average Bonchev–Trinajstić information content (AvgIpc) is 3.33. The molecule has 1 saturated heterocycles. The number of hydrogen-bond acceptors (Lipinski definition) is 8. The van der Waals surface area contributed by atoms with E-state index in [1.165, 1.54) is 23.7 Å². The van der Waals surface area contributed by atoms with Crippen LogP contribution in [0.25, 0.3) is 42.7 Å². The van der Waals surface area contributed by atoms with Crippen molar-refractivity contribution in [1.29, 1.82) is 0 Å². The molecule has 2 aromatic carbocycles. The zero-order valence-electron chi connectivity index (χ0n) is 18.4. The van der Waals surface area contributed by atoms with Gasteiger partial charge < -0.3 is 14.7 Å². The molecule has 0 unspecified atom stereocenters. The molecule has 0 spiro atoms. The summed E-state index contributed by atoms with van der Waals surface area (Å²) in [6, 6.07) is 9.92. The molecule has 1 fully saturated rings. The van der Waals surface area contributed by atoms with Crippen molar-refractivity contribution in [2.24, 2.45) is 0 Å². The molecule has 0 atom stereocenters. The highest BCUT2D eigenvalue weighted by molar-refractivity contribution is 7.22. The van der Waals surface area contributed by atoms with E-state index in [4.69, 9.17) is 4.74 Å². The number of aliphatic hydroxyl groups excluding tert-OH is 1. The summed E-state index contributed by atoms with van der Waals surface area (Å²) in [6.07, 6.45) is 2.95. The van der Waals surface area contributed by atoms with Crippen LogP contribution in [0.3, 0.4) is 0 Å². The standard InChI is InChI=1S/C25H19F2N5O2S/c26-19-10-20(27)18(9-17(19)23-7-14-11-30-31-22(12-33)25(14)35-23)24-16-2-1-15(8-21(16)28-13-29-24)32-3-5-34-6-4-32/h1-2,7-11,13,33H,3-6,12H2. The molecule has 0 bridgehead atoms. The van der Waals surface area contributed by atoms with Crippen molar-refractivity contribution in [2.75, 3.05) is 31.2 Å². The van der Waals surface area contributed by atoms with Gasteiger partial charge in [-0.3, -0.25) is 0 Å². The minimum atomic E-state index is -0.705. The van der Waals surface area contributed by atoms with E-state index in [-0.39, 0.29) is 17.7 Å². The van der Waals surface area contributed by atoms with Gasteiger partial charge in [-0.2, -0.15) is 10.2 Å². The first kappa shape index (κ1) is 21.9. The van der Waals surface area contributed by atoms with E-state index >= 15 is 4.39 Å². The van der Waals surface area contributed by atoms with Crippen LogP contribution in [0.4, 0.5) is 14.5 Å². The molecule has 5 aromatic rings. The number of aromatic nitrogens is 4. The Bertz CT molecular complexity index is 1570. The molecule has 6 rings (SSSR count). The molecule has 0 aliphatic carbocycles. The van der Waals surface area contributed by atoms with Crippen LogP contribution in [0.15, 0.2) is 48.9 Å². The van der Waals surface area contributed by atoms with Gasteiger partial charge in [0.25, 0.3) is 0 Å². The van der Waals surface area contributed by atoms with Gasteiger partial charge in [-0.25, -0.2) is 18.7 Å². The molecular formula is C25H19F2N5O2S. The number of thiophene rings is 1. The normalized spacial score (nSPS) is 14.2. The van der Waals surface area contributed by atoms with E-state index in [1.54, 1.807) is 12.3 Å². The van der Waals surface area contributed by atoms with Crippen molar-refractivity contribution in [3.63, 3.8) is 0 Å². The van der Waals surface area contributed by atoms with Gasteiger partial charge in [0.05, 0.1) is 41.9 Å². The van der Waals surface area contributed by atoms with Crippen LogP contribution in [0, 0.1) is 11.6 Å². The Kier molecular flexibility index (Phi) is 5.56. The van der Waals surface area contributed by atoms with Gasteiger partial charge >= 0.3 is 0 Å². The monoisotopic (exact) mass is 491 g/mol. The molecule has 1 aliphatic rings. The molecule has 0 saturated carbocycles. The molecule has 1 N–H and O–H groups in total. The second-order valence-corrected chi connectivity index (χ2v) is 9.23. The van der Waals surface area contributed by atoms with Gasteiger partial charge in [0.2, 0.25) is 0 Å². The van der Waals surface area contributed by atoms with Gasteiger partial charge in [-0.1, -0.05) is 0 Å². The fraction of sp³-hybridized carbons (Fsp3) is 0.200. The van der Waals surface area contributed by atoms with Crippen LogP contribution in [-0.2, 0) is 11.3 Å². The lowest BCUT2D eigenvalue weighted by atomic mass is 10.0. The Balaban J connectivity index is 1.47. The Morgan fingerprint density at radius 3 is 2.66 bits per heavy atom. The number of fused-ring (bicyclic) bond motifs is 2. The highest BCUT2D eigenvalue weighted by Gasteiger charge is 2.19. The first-order valence-corrected chi connectivity index (χ1v) is 11.9. The third kappa shape index (κ3) is 3.89. The van der Waals surface area contributed by atoms with Gasteiger partial charge in [0.1, 0.15) is 23.7 Å². The molecule has 7 nitrogen and oxygen atoms in total. The summed E-state index contributed by atoms with van der Waals surface area (Å²) in [4.78, 5) is 11.6. The zero-order chi connectivity index (χ0) is 23.9. The van der Waals surface area contributed by atoms with Crippen molar-refractivity contribution in [2.45, 2.75) is 6.61 Å². The zero-order valence-corrected chi connectivity index (χ0v) is 19.2. The molecule has 3 aromatic heterocycles. The Morgan fingerprint density at radius 1 is 1.00 bits per heavy atom. The van der Waals surface area contributed by atoms with E-state index < -0.39 is 11.6 Å². The number of rotatable bonds is 4. The number of morpholine rings is 1. The van der Waals surface area contributed by atoms with E-state index in [0.29, 0.717) is 45.1 Å². The minimum absolute atomic E-state index is 0.184. The molecule has 35 heavy (non-hydrogen) atoms. The van der Waals surface area contributed by atoms with Gasteiger partial charge in [-0.05, 0) is 30.3 Å². The number of halogens is 2. The van der Waals surface area contributed by atoms with Gasteiger partial charge in [-0.15, -0.1) is 11.3 Å². The van der Waals surface area contributed by atoms with Crippen molar-refractivity contribution in [3.05, 3.63) is 66.3 Å². The number of aliphatic hydroxyl groups is 1. The largest absolute Gasteiger partial charge is 0.390 e. The summed E-state index contributed by atoms with van der Waals surface area (Å²) in [7, 11) is 0. The second-order valence-electron chi connectivity index (χ2n) is 8.18. The summed E-state index contributed by atoms with van der Waals surface area (Å²) in [5.41, 5.74) is 2.92. The highest BCUT2D eigenvalue weighted by atomic mass is 32.1. The maximum atomic E-state index is 15.1. The molecule has 4 heterocycles. The number of nitrogens with zero attached hydrogens (tertiary/aromatic N) is 5. The summed E-state index contributed by atoms with van der Waals surface area (Å²) in [5.74, 6) is -1.39. The topological polar surface area (TPSA) is 84.3 Å². The van der Waals surface area contributed by atoms with Gasteiger partial charge in [0, 0.05) is 51.6 Å². The number of ether oxygens (including phenoxy) is 1. The summed E-state index contributed by atoms with van der Waals surface area (Å²) >= 11 is 1.27. The average molecular weight is 492 g/mol. The second kappa shape index (κ2) is 8.88. The smallest absolute Gasteiger partial charge is 0.135 e. The van der Waals surface area contributed by atoms with E-state index in [1.807, 2.05) is 18.2 Å². The van der Waals surface area contributed by atoms with Crippen LogP contribution in [0.2, 0.25) is 0 Å². The Labute approximate surface area is 202 Å². The third-order valence-corrected chi connectivity index (χ3v) is 7.35.